The summed E-state index contributed by atoms with van der Waals surface area (Å²) in [5.74, 6) is 1.25. The number of anilines is 1. The monoisotopic (exact) mass is 295 g/mol. The predicted molar refractivity (Wildman–Crippen MR) is 78.7 cm³/mol. The van der Waals surface area contributed by atoms with Gasteiger partial charge in [0.15, 0.2) is 5.95 Å². The van der Waals surface area contributed by atoms with Gasteiger partial charge in [0, 0.05) is 11.6 Å². The largest absolute Gasteiger partial charge is 0.369 e. The van der Waals surface area contributed by atoms with Crippen LogP contribution in [0.3, 0.4) is 0 Å². The molecule has 1 heterocycles. The van der Waals surface area contributed by atoms with Crippen LogP contribution in [0.15, 0.2) is 24.4 Å². The number of aromatic amines is 1. The van der Waals surface area contributed by atoms with E-state index < -0.39 is 0 Å². The highest BCUT2D eigenvalue weighted by Gasteiger charge is 2.59. The lowest BCUT2D eigenvalue weighted by molar-refractivity contribution is 0.598. The van der Waals surface area contributed by atoms with Gasteiger partial charge in [-0.15, -0.1) is 0 Å². The summed E-state index contributed by atoms with van der Waals surface area (Å²) in [4.78, 5) is 7.21. The van der Waals surface area contributed by atoms with E-state index in [2.05, 4.69) is 23.8 Å². The number of hydrogen-bond acceptors (Lipinski definition) is 2. The van der Waals surface area contributed by atoms with Crippen LogP contribution in [0.5, 0.6) is 0 Å². The molecule has 5 heteroatoms. The quantitative estimate of drug-likeness (QED) is 0.872. The summed E-state index contributed by atoms with van der Waals surface area (Å²) in [5.41, 5.74) is 8.11. The summed E-state index contributed by atoms with van der Waals surface area (Å²) < 4.78 is 0. The van der Waals surface area contributed by atoms with Gasteiger partial charge in [0.2, 0.25) is 0 Å². The van der Waals surface area contributed by atoms with Crippen molar-refractivity contribution in [1.82, 2.24) is 9.97 Å². The second-order valence-corrected chi connectivity index (χ2v) is 6.49. The SMILES string of the molecule is CC1(C)C(c2ccc(Cl)c(Cl)c2)C1c1cnc(N)[nH]1. The maximum absolute atomic E-state index is 6.10. The number of rotatable bonds is 2. The Morgan fingerprint density at radius 1 is 1.21 bits per heavy atom. The molecule has 0 aliphatic heterocycles. The number of nitrogen functional groups attached to an aromatic ring is 1. The Bertz CT molecular complexity index is 633. The van der Waals surface area contributed by atoms with E-state index in [1.54, 1.807) is 0 Å². The Morgan fingerprint density at radius 2 is 1.95 bits per heavy atom. The van der Waals surface area contributed by atoms with Gasteiger partial charge in [-0.2, -0.15) is 0 Å². The molecule has 0 saturated heterocycles. The van der Waals surface area contributed by atoms with Gasteiger partial charge in [-0.1, -0.05) is 43.1 Å². The van der Waals surface area contributed by atoms with Crippen molar-refractivity contribution >= 4 is 29.2 Å². The van der Waals surface area contributed by atoms with Crippen molar-refractivity contribution in [3.63, 3.8) is 0 Å². The first-order valence-corrected chi connectivity index (χ1v) is 6.92. The van der Waals surface area contributed by atoms with Crippen molar-refractivity contribution < 1.29 is 0 Å². The number of nitrogens with two attached hydrogens (primary N) is 1. The second-order valence-electron chi connectivity index (χ2n) is 5.67. The third kappa shape index (κ3) is 2.01. The third-order valence-corrected chi connectivity index (χ3v) is 4.82. The molecule has 1 saturated carbocycles. The molecule has 2 atom stereocenters. The molecular weight excluding hydrogens is 281 g/mol. The fraction of sp³-hybridized carbons (Fsp3) is 0.357. The van der Waals surface area contributed by atoms with Crippen molar-refractivity contribution in [2.45, 2.75) is 25.7 Å². The van der Waals surface area contributed by atoms with E-state index in [0.29, 0.717) is 27.8 Å². The van der Waals surface area contributed by atoms with Crippen molar-refractivity contribution in [3.05, 3.63) is 45.7 Å². The summed E-state index contributed by atoms with van der Waals surface area (Å²) in [6, 6.07) is 5.85. The number of nitrogens with one attached hydrogen (secondary N) is 1. The van der Waals surface area contributed by atoms with Crippen molar-refractivity contribution in [2.24, 2.45) is 5.41 Å². The van der Waals surface area contributed by atoms with Gasteiger partial charge in [0.1, 0.15) is 0 Å². The zero-order chi connectivity index (χ0) is 13.8. The van der Waals surface area contributed by atoms with Crippen LogP contribution in [-0.2, 0) is 0 Å². The van der Waals surface area contributed by atoms with E-state index in [0.717, 1.165) is 5.69 Å². The summed E-state index contributed by atoms with van der Waals surface area (Å²) >= 11 is 12.1. The number of benzene rings is 1. The van der Waals surface area contributed by atoms with Gasteiger partial charge >= 0.3 is 0 Å². The molecule has 2 aromatic rings. The lowest BCUT2D eigenvalue weighted by Gasteiger charge is -2.04. The molecule has 0 radical (unpaired) electrons. The summed E-state index contributed by atoms with van der Waals surface area (Å²) in [6.07, 6.45) is 1.82. The number of H-pyrrole nitrogens is 1. The highest BCUT2D eigenvalue weighted by atomic mass is 35.5. The van der Waals surface area contributed by atoms with Crippen LogP contribution < -0.4 is 5.73 Å². The zero-order valence-electron chi connectivity index (χ0n) is 10.7. The predicted octanol–water partition coefficient (Wildman–Crippen LogP) is 4.21. The molecule has 0 spiro atoms. The van der Waals surface area contributed by atoms with Crippen LogP contribution in [-0.4, -0.2) is 9.97 Å². The topological polar surface area (TPSA) is 54.7 Å². The number of aromatic nitrogens is 2. The van der Waals surface area contributed by atoms with E-state index in [9.17, 15) is 0 Å². The van der Waals surface area contributed by atoms with E-state index in [1.807, 2.05) is 24.4 Å². The van der Waals surface area contributed by atoms with Gasteiger partial charge in [-0.05, 0) is 29.0 Å². The van der Waals surface area contributed by atoms with E-state index >= 15 is 0 Å². The third-order valence-electron chi connectivity index (χ3n) is 4.08. The molecule has 0 bridgehead atoms. The normalized spacial score (nSPS) is 24.4. The molecule has 3 rings (SSSR count). The van der Waals surface area contributed by atoms with Crippen LogP contribution >= 0.6 is 23.2 Å². The van der Waals surface area contributed by atoms with Gasteiger partial charge in [0.25, 0.3) is 0 Å². The molecule has 19 heavy (non-hydrogen) atoms. The van der Waals surface area contributed by atoms with Crippen molar-refractivity contribution in [2.75, 3.05) is 5.73 Å². The molecule has 3 nitrogen and oxygen atoms in total. The van der Waals surface area contributed by atoms with E-state index in [-0.39, 0.29) is 5.41 Å². The van der Waals surface area contributed by atoms with E-state index in [1.165, 1.54) is 5.56 Å². The lowest BCUT2D eigenvalue weighted by atomic mass is 10.0. The standard InChI is InChI=1S/C14H15Cl2N3/c1-14(2)11(7-3-4-8(15)9(16)5-7)12(14)10-6-18-13(17)19-10/h3-6,11-12H,1-2H3,(H3,17,18,19). The minimum absolute atomic E-state index is 0.163. The zero-order valence-corrected chi connectivity index (χ0v) is 12.3. The van der Waals surface area contributed by atoms with Gasteiger partial charge in [-0.3, -0.25) is 0 Å². The fourth-order valence-electron chi connectivity index (χ4n) is 3.06. The van der Waals surface area contributed by atoms with Crippen LogP contribution in [0.4, 0.5) is 5.95 Å². The first-order chi connectivity index (χ1) is 8.91. The Labute approximate surface area is 122 Å². The van der Waals surface area contributed by atoms with Crippen LogP contribution in [0.25, 0.3) is 0 Å². The Balaban J connectivity index is 1.95. The Hall–Kier alpha value is -1.19. The number of nitrogens with zero attached hydrogens (tertiary/aromatic N) is 1. The first-order valence-electron chi connectivity index (χ1n) is 6.16. The molecule has 1 aromatic carbocycles. The molecule has 100 valence electrons. The van der Waals surface area contributed by atoms with Crippen molar-refractivity contribution in [1.29, 1.82) is 0 Å². The highest BCUT2D eigenvalue weighted by molar-refractivity contribution is 6.42. The molecule has 1 fully saturated rings. The molecule has 2 unspecified atom stereocenters. The lowest BCUT2D eigenvalue weighted by Crippen LogP contribution is -1.91. The summed E-state index contributed by atoms with van der Waals surface area (Å²) in [6.45, 7) is 4.48. The van der Waals surface area contributed by atoms with E-state index in [4.69, 9.17) is 28.9 Å². The van der Waals surface area contributed by atoms with Crippen LogP contribution in [0, 0.1) is 5.41 Å². The Morgan fingerprint density at radius 3 is 2.53 bits per heavy atom. The second kappa shape index (κ2) is 4.15. The average molecular weight is 296 g/mol. The highest BCUT2D eigenvalue weighted by Crippen LogP contribution is 2.69. The molecular formula is C14H15Cl2N3. The molecule has 1 aliphatic rings. The summed E-state index contributed by atoms with van der Waals surface area (Å²) in [7, 11) is 0. The first kappa shape index (κ1) is 12.8. The van der Waals surface area contributed by atoms with Gasteiger partial charge < -0.3 is 10.7 Å². The summed E-state index contributed by atoms with van der Waals surface area (Å²) in [5, 5.41) is 1.19. The molecule has 1 aliphatic carbocycles. The van der Waals surface area contributed by atoms with Crippen LogP contribution in [0.1, 0.15) is 36.9 Å². The Kier molecular flexibility index (Phi) is 2.80. The minimum atomic E-state index is 0.163. The van der Waals surface area contributed by atoms with Gasteiger partial charge in [0.05, 0.1) is 16.2 Å². The smallest absolute Gasteiger partial charge is 0.197 e. The number of halogens is 2. The van der Waals surface area contributed by atoms with Crippen molar-refractivity contribution in [3.8, 4) is 0 Å². The van der Waals surface area contributed by atoms with Crippen LogP contribution in [0.2, 0.25) is 10.0 Å². The molecule has 3 N–H and O–H groups in total. The maximum Gasteiger partial charge on any atom is 0.197 e. The minimum Gasteiger partial charge on any atom is -0.369 e. The fourth-order valence-corrected chi connectivity index (χ4v) is 3.36. The van der Waals surface area contributed by atoms with Gasteiger partial charge in [-0.25, -0.2) is 4.98 Å². The average Bonchev–Trinajstić information content (AvgIpc) is 2.67. The maximum atomic E-state index is 6.10. The number of imidazole rings is 1. The molecule has 0 amide bonds. The number of hydrogen-bond donors (Lipinski definition) is 2. The molecule has 1 aromatic heterocycles.